The van der Waals surface area contributed by atoms with E-state index in [9.17, 15) is 9.59 Å². The molecule has 0 fully saturated rings. The Morgan fingerprint density at radius 3 is 2.38 bits per heavy atom. The van der Waals surface area contributed by atoms with Crippen molar-refractivity contribution in [2.45, 2.75) is 32.0 Å². The van der Waals surface area contributed by atoms with Crippen LogP contribution in [0.15, 0.2) is 53.7 Å². The first-order chi connectivity index (χ1) is 15.5. The Labute approximate surface area is 191 Å². The molecule has 0 aliphatic heterocycles. The quantitative estimate of drug-likeness (QED) is 0.368. The summed E-state index contributed by atoms with van der Waals surface area (Å²) in [6, 6.07) is 14.4. The van der Waals surface area contributed by atoms with Crippen molar-refractivity contribution in [3.05, 3.63) is 65.5 Å². The molecule has 0 aliphatic rings. The summed E-state index contributed by atoms with van der Waals surface area (Å²) in [5.41, 5.74) is 2.16. The van der Waals surface area contributed by atoms with Gasteiger partial charge in [-0.05, 0) is 55.8 Å². The highest BCUT2D eigenvalue weighted by atomic mass is 32.2. The lowest BCUT2D eigenvalue weighted by atomic mass is 10.1. The summed E-state index contributed by atoms with van der Waals surface area (Å²) in [5, 5.41) is 12.1. The second-order valence-corrected chi connectivity index (χ2v) is 7.75. The van der Waals surface area contributed by atoms with E-state index in [4.69, 9.17) is 9.47 Å². The molecule has 0 atom stereocenters. The van der Waals surface area contributed by atoms with Gasteiger partial charge in [-0.3, -0.25) is 4.79 Å². The van der Waals surface area contributed by atoms with E-state index < -0.39 is 0 Å². The zero-order valence-electron chi connectivity index (χ0n) is 18.3. The normalized spacial score (nSPS) is 10.6. The average Bonchev–Trinajstić information content (AvgIpc) is 3.20. The van der Waals surface area contributed by atoms with E-state index in [-0.39, 0.29) is 17.6 Å². The van der Waals surface area contributed by atoms with Crippen LogP contribution >= 0.6 is 11.8 Å². The van der Waals surface area contributed by atoms with Crippen LogP contribution in [-0.4, -0.2) is 46.1 Å². The molecule has 0 saturated heterocycles. The number of aromatic nitrogens is 3. The highest BCUT2D eigenvalue weighted by molar-refractivity contribution is 7.99. The lowest BCUT2D eigenvalue weighted by molar-refractivity contribution is -0.113. The summed E-state index contributed by atoms with van der Waals surface area (Å²) in [5.74, 6) is 1.30. The highest BCUT2D eigenvalue weighted by Crippen LogP contribution is 2.20. The molecule has 1 N–H and O–H groups in total. The molecule has 0 unspecified atom stereocenters. The third kappa shape index (κ3) is 6.10. The molecular formula is C23H26N4O4S. The molecule has 0 saturated carbocycles. The van der Waals surface area contributed by atoms with Gasteiger partial charge in [-0.25, -0.2) is 4.79 Å². The number of carbonyl (C=O) groups excluding carboxylic acids is 2. The van der Waals surface area contributed by atoms with E-state index in [2.05, 4.69) is 15.5 Å². The Kier molecular flexibility index (Phi) is 8.27. The Balaban J connectivity index is 1.56. The maximum Gasteiger partial charge on any atom is 0.338 e. The number of esters is 1. The molecule has 3 rings (SSSR count). The minimum Gasteiger partial charge on any atom is -0.497 e. The van der Waals surface area contributed by atoms with Crippen molar-refractivity contribution in [2.75, 3.05) is 24.8 Å². The number of ether oxygens (including phenoxy) is 2. The maximum atomic E-state index is 12.4. The number of hydrogen-bond acceptors (Lipinski definition) is 7. The first-order valence-electron chi connectivity index (χ1n) is 10.3. The Morgan fingerprint density at radius 2 is 1.75 bits per heavy atom. The highest BCUT2D eigenvalue weighted by Gasteiger charge is 2.14. The van der Waals surface area contributed by atoms with Crippen molar-refractivity contribution >= 4 is 29.3 Å². The van der Waals surface area contributed by atoms with Crippen LogP contribution in [0.3, 0.4) is 0 Å². The summed E-state index contributed by atoms with van der Waals surface area (Å²) in [4.78, 5) is 24.1. The van der Waals surface area contributed by atoms with E-state index in [1.54, 1.807) is 38.3 Å². The Morgan fingerprint density at radius 1 is 1.03 bits per heavy atom. The maximum absolute atomic E-state index is 12.4. The van der Waals surface area contributed by atoms with Gasteiger partial charge < -0.3 is 19.4 Å². The van der Waals surface area contributed by atoms with E-state index in [1.165, 1.54) is 11.8 Å². The van der Waals surface area contributed by atoms with Crippen molar-refractivity contribution in [3.63, 3.8) is 0 Å². The summed E-state index contributed by atoms with van der Waals surface area (Å²) < 4.78 is 12.2. The van der Waals surface area contributed by atoms with E-state index in [0.29, 0.717) is 36.0 Å². The van der Waals surface area contributed by atoms with E-state index in [1.807, 2.05) is 35.8 Å². The molecule has 1 heterocycles. The molecule has 0 spiro atoms. The number of rotatable bonds is 10. The smallest absolute Gasteiger partial charge is 0.338 e. The van der Waals surface area contributed by atoms with Crippen LogP contribution in [0.5, 0.6) is 5.75 Å². The Hall–Kier alpha value is -3.33. The van der Waals surface area contributed by atoms with Gasteiger partial charge in [-0.2, -0.15) is 0 Å². The van der Waals surface area contributed by atoms with Gasteiger partial charge in [-0.15, -0.1) is 10.2 Å². The van der Waals surface area contributed by atoms with Crippen LogP contribution in [0.1, 0.15) is 35.6 Å². The zero-order valence-corrected chi connectivity index (χ0v) is 19.1. The van der Waals surface area contributed by atoms with Crippen LogP contribution in [0.25, 0.3) is 0 Å². The summed E-state index contributed by atoms with van der Waals surface area (Å²) in [7, 11) is 1.64. The number of amides is 1. The molecule has 168 valence electrons. The number of thioether (sulfide) groups is 1. The number of nitrogens with zero attached hydrogens (tertiary/aromatic N) is 3. The number of nitrogens with one attached hydrogen (secondary N) is 1. The Bertz CT molecular complexity index is 1050. The third-order valence-corrected chi connectivity index (χ3v) is 5.61. The molecule has 3 aromatic rings. The monoisotopic (exact) mass is 454 g/mol. The van der Waals surface area contributed by atoms with Crippen molar-refractivity contribution in [3.8, 4) is 5.75 Å². The van der Waals surface area contributed by atoms with Gasteiger partial charge in [0.1, 0.15) is 11.6 Å². The van der Waals surface area contributed by atoms with E-state index in [0.717, 1.165) is 17.1 Å². The predicted molar refractivity (Wildman–Crippen MR) is 123 cm³/mol. The van der Waals surface area contributed by atoms with Gasteiger partial charge in [0.25, 0.3) is 0 Å². The van der Waals surface area contributed by atoms with Crippen LogP contribution in [0.2, 0.25) is 0 Å². The fraction of sp³-hybridized carbons (Fsp3) is 0.304. The minimum absolute atomic E-state index is 0.166. The third-order valence-electron chi connectivity index (χ3n) is 4.64. The molecule has 0 aliphatic carbocycles. The average molecular weight is 455 g/mol. The van der Waals surface area contributed by atoms with Gasteiger partial charge in [0.15, 0.2) is 5.16 Å². The predicted octanol–water partition coefficient (Wildman–Crippen LogP) is 3.80. The van der Waals surface area contributed by atoms with Crippen molar-refractivity contribution in [2.24, 2.45) is 0 Å². The molecule has 0 bridgehead atoms. The fourth-order valence-corrected chi connectivity index (χ4v) is 3.85. The molecular weight excluding hydrogens is 428 g/mol. The standard InChI is InChI=1S/C23H26N4O4S/c1-4-27-20(14-16-6-12-19(30-3)13-7-16)25-26-23(27)32-15-21(28)24-18-10-8-17(9-11-18)22(29)31-5-2/h6-13H,4-5,14-15H2,1-3H3,(H,24,28). The van der Waals surface area contributed by atoms with Gasteiger partial charge in [0.2, 0.25) is 5.91 Å². The largest absolute Gasteiger partial charge is 0.497 e. The van der Waals surface area contributed by atoms with Crippen LogP contribution in [0, 0.1) is 0 Å². The first kappa shape index (κ1) is 23.3. The fourth-order valence-electron chi connectivity index (χ4n) is 3.03. The molecule has 1 amide bonds. The molecule has 0 radical (unpaired) electrons. The first-order valence-corrected chi connectivity index (χ1v) is 11.3. The number of hydrogen-bond donors (Lipinski definition) is 1. The second-order valence-electron chi connectivity index (χ2n) is 6.80. The van der Waals surface area contributed by atoms with Gasteiger partial charge >= 0.3 is 5.97 Å². The lowest BCUT2D eigenvalue weighted by Gasteiger charge is -2.09. The van der Waals surface area contributed by atoms with Gasteiger partial charge in [-0.1, -0.05) is 23.9 Å². The van der Waals surface area contributed by atoms with Crippen molar-refractivity contribution < 1.29 is 19.1 Å². The number of methoxy groups -OCH3 is 1. The van der Waals surface area contributed by atoms with Crippen molar-refractivity contribution in [1.82, 2.24) is 14.8 Å². The van der Waals surface area contributed by atoms with E-state index >= 15 is 0 Å². The summed E-state index contributed by atoms with van der Waals surface area (Å²) in [6.45, 7) is 4.80. The second kappa shape index (κ2) is 11.3. The zero-order chi connectivity index (χ0) is 22.9. The lowest BCUT2D eigenvalue weighted by Crippen LogP contribution is -2.15. The van der Waals surface area contributed by atoms with Gasteiger partial charge in [0, 0.05) is 18.7 Å². The molecule has 9 heteroatoms. The number of anilines is 1. The minimum atomic E-state index is -0.384. The topological polar surface area (TPSA) is 95.3 Å². The van der Waals surface area contributed by atoms with Crippen molar-refractivity contribution in [1.29, 1.82) is 0 Å². The van der Waals surface area contributed by atoms with Gasteiger partial charge in [0.05, 0.1) is 25.0 Å². The van der Waals surface area contributed by atoms with Crippen LogP contribution in [-0.2, 0) is 22.5 Å². The summed E-state index contributed by atoms with van der Waals surface area (Å²) >= 11 is 1.33. The summed E-state index contributed by atoms with van der Waals surface area (Å²) in [6.07, 6.45) is 0.643. The SMILES string of the molecule is CCOC(=O)c1ccc(NC(=O)CSc2nnc(Cc3ccc(OC)cc3)n2CC)cc1. The molecule has 1 aromatic heterocycles. The van der Waals surface area contributed by atoms with Crippen LogP contribution < -0.4 is 10.1 Å². The molecule has 2 aromatic carbocycles. The molecule has 32 heavy (non-hydrogen) atoms. The number of carbonyl (C=O) groups is 2. The number of benzene rings is 2. The van der Waals surface area contributed by atoms with Crippen LogP contribution in [0.4, 0.5) is 5.69 Å². The molecule has 8 nitrogen and oxygen atoms in total.